The van der Waals surface area contributed by atoms with Crippen molar-refractivity contribution >= 4 is 23.6 Å². The average molecular weight is 2080 g/mol. The van der Waals surface area contributed by atoms with Gasteiger partial charge in [-0.25, -0.2) is 0 Å². The maximum Gasteiger partial charge on any atom is 0.217 e. The Morgan fingerprint density at radius 3 is 0.859 bits per heavy atom. The molecule has 822 valence electrons. The van der Waals surface area contributed by atoms with Gasteiger partial charge in [-0.1, -0.05) is 0 Å². The second-order valence-electron chi connectivity index (χ2n) is 36.6. The summed E-state index contributed by atoms with van der Waals surface area (Å²) in [7, 11) is 0. The summed E-state index contributed by atoms with van der Waals surface area (Å²) in [6.45, 7) is -3.33. The third kappa shape index (κ3) is 25.4. The zero-order valence-corrected chi connectivity index (χ0v) is 76.9. The number of aliphatic hydroxyl groups is 31. The molecule has 35 N–H and O–H groups in total. The molecule has 12 aliphatic rings. The second kappa shape index (κ2) is 50.3. The third-order valence-electron chi connectivity index (χ3n) is 26.6. The van der Waals surface area contributed by atoms with Gasteiger partial charge < -0.3 is 289 Å². The van der Waals surface area contributed by atoms with Crippen molar-refractivity contribution in [3.8, 4) is 0 Å². The minimum atomic E-state index is -2.74. The molecular formula is C80H134N4O58. The molecule has 0 radical (unpaired) electrons. The predicted octanol–water partition coefficient (Wildman–Crippen LogP) is -23.5. The summed E-state index contributed by atoms with van der Waals surface area (Å²) < 4.78 is 140. The number of aliphatic hydroxyl groups excluding tert-OH is 31. The molecule has 12 rings (SSSR count). The summed E-state index contributed by atoms with van der Waals surface area (Å²) in [6, 6.07) is -8.10. The monoisotopic (exact) mass is 2080 g/mol. The fourth-order valence-corrected chi connectivity index (χ4v) is 18.6. The van der Waals surface area contributed by atoms with Crippen LogP contribution in [-0.2, 0) is 128 Å². The lowest BCUT2D eigenvalue weighted by Gasteiger charge is -2.52. The van der Waals surface area contributed by atoms with Gasteiger partial charge in [0.2, 0.25) is 23.6 Å². The van der Waals surface area contributed by atoms with Crippen LogP contribution in [0.5, 0.6) is 0 Å². The van der Waals surface area contributed by atoms with Gasteiger partial charge in [0.15, 0.2) is 75.5 Å². The van der Waals surface area contributed by atoms with E-state index in [1.807, 2.05) is 0 Å². The van der Waals surface area contributed by atoms with E-state index in [1.54, 1.807) is 0 Å². The Labute approximate surface area is 805 Å². The Kier molecular flexibility index (Phi) is 41.2. The first-order valence-corrected chi connectivity index (χ1v) is 45.7. The Bertz CT molecular complexity index is 3940. The van der Waals surface area contributed by atoms with E-state index in [-0.39, 0.29) is 0 Å². The molecule has 0 unspecified atom stereocenters. The molecule has 0 aliphatic carbocycles. The summed E-state index contributed by atoms with van der Waals surface area (Å²) >= 11 is 0. The number of hydrogen-bond donors (Lipinski definition) is 35. The molecule has 0 saturated carbocycles. The average Bonchev–Trinajstić information content (AvgIpc) is 0.759. The van der Waals surface area contributed by atoms with Crippen molar-refractivity contribution in [3.05, 3.63) is 0 Å². The smallest absolute Gasteiger partial charge is 0.217 e. The lowest BCUT2D eigenvalue weighted by molar-refractivity contribution is -0.404. The molecule has 4 amide bonds. The Balaban J connectivity index is 0.917. The van der Waals surface area contributed by atoms with E-state index in [1.165, 1.54) is 20.8 Å². The molecule has 12 fully saturated rings. The Morgan fingerprint density at radius 2 is 0.451 bits per heavy atom. The maximum atomic E-state index is 13.7. The first-order chi connectivity index (χ1) is 67.1. The lowest BCUT2D eigenvalue weighted by atomic mass is 9.93. The zero-order chi connectivity index (χ0) is 104. The molecule has 0 aromatic rings. The molecule has 12 aliphatic heterocycles. The van der Waals surface area contributed by atoms with Gasteiger partial charge in [0.05, 0.1) is 77.8 Å². The topological polar surface area (TPSA) is 956 Å². The van der Waals surface area contributed by atoms with Gasteiger partial charge in [0, 0.05) is 27.7 Å². The van der Waals surface area contributed by atoms with Crippen LogP contribution in [0.3, 0.4) is 0 Å². The molecule has 62 nitrogen and oxygen atoms in total. The summed E-state index contributed by atoms with van der Waals surface area (Å²) in [5.41, 5.74) is 0. The predicted molar refractivity (Wildman–Crippen MR) is 437 cm³/mol. The molecule has 0 bridgehead atoms. The molecule has 12 heterocycles. The van der Waals surface area contributed by atoms with Crippen molar-refractivity contribution in [2.45, 2.75) is 417 Å². The summed E-state index contributed by atoms with van der Waals surface area (Å²) in [6.07, 6.45) is -119. The molecule has 142 heavy (non-hydrogen) atoms. The van der Waals surface area contributed by atoms with Gasteiger partial charge >= 0.3 is 0 Å². The minimum absolute atomic E-state index is 0.875. The fourth-order valence-electron chi connectivity index (χ4n) is 18.6. The summed E-state index contributed by atoms with van der Waals surface area (Å²) in [4.78, 5) is 53.3. The normalized spacial score (nSPS) is 50.9. The van der Waals surface area contributed by atoms with E-state index in [4.69, 9.17) is 109 Å². The van der Waals surface area contributed by atoms with Crippen molar-refractivity contribution in [1.29, 1.82) is 0 Å². The van der Waals surface area contributed by atoms with Crippen LogP contribution in [0, 0.1) is 0 Å². The maximum absolute atomic E-state index is 13.7. The number of carbonyl (C=O) groups excluding carboxylic acids is 4. The van der Waals surface area contributed by atoms with Crippen LogP contribution in [0.2, 0.25) is 0 Å². The van der Waals surface area contributed by atoms with Crippen molar-refractivity contribution in [3.63, 3.8) is 0 Å². The van der Waals surface area contributed by atoms with Crippen LogP contribution in [0.4, 0.5) is 0 Å². The third-order valence-corrected chi connectivity index (χ3v) is 26.6. The van der Waals surface area contributed by atoms with Crippen LogP contribution in [0.15, 0.2) is 0 Å². The highest BCUT2D eigenvalue weighted by atomic mass is 16.8. The largest absolute Gasteiger partial charge is 0.394 e. The highest BCUT2D eigenvalue weighted by Crippen LogP contribution is 2.43. The number of ether oxygens (including phenoxy) is 23. The van der Waals surface area contributed by atoms with Crippen LogP contribution in [-0.4, -0.2) is 610 Å². The first kappa shape index (κ1) is 116. The van der Waals surface area contributed by atoms with Gasteiger partial charge in [0.1, 0.15) is 274 Å². The van der Waals surface area contributed by atoms with E-state index in [0.717, 1.165) is 27.7 Å². The van der Waals surface area contributed by atoms with Crippen molar-refractivity contribution < 1.29 is 286 Å². The fraction of sp³-hybridized carbons (Fsp3) is 0.950. The standard InChI is InChI=1S/C80H134N4O58/c1-17-37(96)47(106)54(113)73(122-17)120-16-32-61(45(104)33(69(119)125-32)81-20(4)92)134-70-34(82-21(5)93)46(105)60(28(12-89)130-70)135-78-59(118)66(140-80-68(53(112)43(102)27(11-88)129-80)142-72-36(84-23(7)95)65(139-75-56(115)49(108)39(98)19(3)124-75)63(30(14-91)132-72)137-77-58(117)51(110)41(100)25(9-86)127-77)44(103)31(133-78)15-121-79-67(52(111)42(101)26(10-87)128-79)141-71-35(83-22(6)94)64(138-74-55(114)48(107)38(97)18(2)123-74)62(29(13-90)131-71)136-76-57(116)50(109)40(99)24(8-85)126-76/h17-19,24-80,85-91,96-119H,8-16H2,1-7H3,(H,81,92)(H,82,93)(H,83,94)(H,84,95)/t17-,18-,19-,24-,25-,26-,27-,28-,29-,30-,31-,32-,33-,34-,35-,36-,37+,38+,39+,40+,41+,42-,43-,44-,45-,46-,47+,48+,49+,50+,51+,52+,53+,54-,55-,56-,57-,58-,59+,60-,61-,62-,63-,64-,65-,66+,67+,68+,69-,70+,71+,72+,73+,74-,75-,76+,77+,78+,79+,80-/m1/s1. The lowest BCUT2D eigenvalue weighted by Crippen LogP contribution is -2.71. The molecule has 60 atom stereocenters. The van der Waals surface area contributed by atoms with Crippen LogP contribution in [0.25, 0.3) is 0 Å². The van der Waals surface area contributed by atoms with Gasteiger partial charge in [-0.2, -0.15) is 0 Å². The van der Waals surface area contributed by atoms with E-state index in [0.29, 0.717) is 0 Å². The Hall–Kier alpha value is -4.28. The molecule has 0 aromatic heterocycles. The Morgan fingerprint density at radius 1 is 0.197 bits per heavy atom. The van der Waals surface area contributed by atoms with E-state index < -0.39 is 451 Å². The number of rotatable bonds is 35. The molecule has 62 heteroatoms. The molecule has 0 aromatic carbocycles. The van der Waals surface area contributed by atoms with Crippen molar-refractivity contribution in [2.24, 2.45) is 0 Å². The number of carbonyl (C=O) groups is 4. The van der Waals surface area contributed by atoms with Gasteiger partial charge in [0.25, 0.3) is 0 Å². The quantitative estimate of drug-likeness (QED) is 0.0280. The molecular weight excluding hydrogens is 1940 g/mol. The summed E-state index contributed by atoms with van der Waals surface area (Å²) in [5.74, 6) is -4.02. The van der Waals surface area contributed by atoms with Crippen molar-refractivity contribution in [2.75, 3.05) is 59.5 Å². The van der Waals surface area contributed by atoms with Gasteiger partial charge in [-0.05, 0) is 20.8 Å². The highest BCUT2D eigenvalue weighted by molar-refractivity contribution is 5.74. The number of hydrogen-bond acceptors (Lipinski definition) is 58. The number of nitrogens with one attached hydrogen (secondary N) is 4. The van der Waals surface area contributed by atoms with E-state index in [9.17, 15) is 177 Å². The van der Waals surface area contributed by atoms with Gasteiger partial charge in [-0.3, -0.25) is 19.2 Å². The highest BCUT2D eigenvalue weighted by Gasteiger charge is 2.64. The number of amides is 4. The van der Waals surface area contributed by atoms with Crippen LogP contribution in [0.1, 0.15) is 48.5 Å². The van der Waals surface area contributed by atoms with E-state index >= 15 is 0 Å². The van der Waals surface area contributed by atoms with Crippen LogP contribution >= 0.6 is 0 Å². The summed E-state index contributed by atoms with van der Waals surface area (Å²) in [5, 5.41) is 360. The van der Waals surface area contributed by atoms with Gasteiger partial charge in [-0.15, -0.1) is 0 Å². The zero-order valence-electron chi connectivity index (χ0n) is 76.9. The minimum Gasteiger partial charge on any atom is -0.394 e. The van der Waals surface area contributed by atoms with Crippen molar-refractivity contribution in [1.82, 2.24) is 21.3 Å². The molecule has 0 spiro atoms. The molecule has 12 saturated heterocycles. The SMILES string of the molecule is CC(=O)N[C@@H]1[C@@H](O)[C@H](O[C@@H]2O[C@H](CO)[C@@H](O[C@@H]3O[C@H](CO[C@H]4O[C@H](CO)[C@@H](O)[C@H](O)[C@@H]4O[C@@H]4O[C@H](CO)[C@@H](O[C@@H]5O[C@H](CO)[C@H](O)[C@H](O)[C@H]5O)[C@H](O[C@H]5O[C@H](C)[C@H](O)[C@H](O)[C@H]5O)[C@H]4NC(C)=O)[C@@H](O)[C@H](O[C@H]4O[C@H](CO)[C@@H](O)[C@H](O)[C@@H]4O[C@@H]4O[C@H](CO)[C@@H](O[C@@H]5O[C@H](CO)[C@H](O)[C@H](O)[C@H]5O)[C@H](O[C@H]5O[C@H](C)[C@H](O)[C@H](O)[C@H]5O)[C@H]4NC(C)=O)[C@@H]3O)[C@H](O)[C@H]2NC(C)=O)[C@@H](CO[C@H]2O[C@H](C)[C@H](O)[C@H](O)[C@H]2O)O[C@H]1O. The van der Waals surface area contributed by atoms with Crippen LogP contribution < -0.4 is 21.3 Å². The first-order valence-electron chi connectivity index (χ1n) is 45.7. The van der Waals surface area contributed by atoms with E-state index in [2.05, 4.69) is 21.3 Å². The second-order valence-corrected chi connectivity index (χ2v) is 36.6.